The van der Waals surface area contributed by atoms with Crippen LogP contribution in [0.15, 0.2) is 59.5 Å². The van der Waals surface area contributed by atoms with Gasteiger partial charge in [0.05, 0.1) is 4.90 Å². The molecule has 0 fully saturated rings. The molecule has 2 aromatic rings. The van der Waals surface area contributed by atoms with Crippen LogP contribution in [0.3, 0.4) is 0 Å². The zero-order valence-corrected chi connectivity index (χ0v) is 17.0. The first-order chi connectivity index (χ1) is 11.9. The Morgan fingerprint density at radius 3 is 2.04 bits per heavy atom. The molecule has 7 heteroatoms. The van der Waals surface area contributed by atoms with E-state index in [1.165, 1.54) is 4.31 Å². The van der Waals surface area contributed by atoms with Crippen molar-refractivity contribution in [2.45, 2.75) is 17.9 Å². The van der Waals surface area contributed by atoms with E-state index in [2.05, 4.69) is 0 Å². The number of hydrogen-bond acceptors (Lipinski definition) is 4. The van der Waals surface area contributed by atoms with Crippen molar-refractivity contribution in [3.63, 3.8) is 0 Å². The lowest BCUT2D eigenvalue weighted by Gasteiger charge is -2.22. The molecule has 2 aromatic carbocycles. The molecular weight excluding hydrogens is 370 g/mol. The van der Waals surface area contributed by atoms with Crippen LogP contribution in [0.25, 0.3) is 0 Å². The summed E-state index contributed by atoms with van der Waals surface area (Å²) in [6.45, 7) is 1.81. The number of nitrogens with zero attached hydrogens (tertiary/aromatic N) is 2. The van der Waals surface area contributed by atoms with Crippen molar-refractivity contribution < 1.29 is 8.42 Å². The van der Waals surface area contributed by atoms with Gasteiger partial charge in [-0.2, -0.15) is 4.31 Å². The van der Waals surface area contributed by atoms with Crippen LogP contribution in [0.2, 0.25) is 0 Å². The zero-order valence-electron chi connectivity index (χ0n) is 15.3. The summed E-state index contributed by atoms with van der Waals surface area (Å²) >= 11 is 0. The average Bonchev–Trinajstić information content (AvgIpc) is 2.59. The van der Waals surface area contributed by atoms with Gasteiger partial charge in [0.1, 0.15) is 0 Å². The minimum Gasteiger partial charge on any atom is -0.329 e. The van der Waals surface area contributed by atoms with Crippen molar-refractivity contribution in [1.29, 1.82) is 0 Å². The van der Waals surface area contributed by atoms with Crippen LogP contribution in [0, 0.1) is 0 Å². The van der Waals surface area contributed by atoms with Crippen LogP contribution < -0.4 is 5.73 Å². The molecule has 2 rings (SSSR count). The normalized spacial score (nSPS) is 11.6. The summed E-state index contributed by atoms with van der Waals surface area (Å²) in [6.07, 6.45) is 0.665. The molecule has 5 nitrogen and oxygen atoms in total. The molecule has 0 aliphatic heterocycles. The molecule has 0 aliphatic carbocycles. The number of hydrogen-bond donors (Lipinski definition) is 1. The Balaban J connectivity index is 0.00000338. The van der Waals surface area contributed by atoms with Gasteiger partial charge < -0.3 is 10.6 Å². The van der Waals surface area contributed by atoms with Crippen molar-refractivity contribution in [1.82, 2.24) is 9.21 Å². The van der Waals surface area contributed by atoms with Gasteiger partial charge in [0.15, 0.2) is 0 Å². The Kier molecular flexibility index (Phi) is 9.25. The highest BCUT2D eigenvalue weighted by Crippen LogP contribution is 2.17. The molecule has 0 radical (unpaired) electrons. The predicted octanol–water partition coefficient (Wildman–Crippen LogP) is 2.36. The average molecular weight is 398 g/mol. The number of halogens is 1. The first-order valence-corrected chi connectivity index (χ1v) is 9.85. The molecule has 2 N–H and O–H groups in total. The predicted molar refractivity (Wildman–Crippen MR) is 109 cm³/mol. The highest BCUT2D eigenvalue weighted by molar-refractivity contribution is 7.89. The fourth-order valence-corrected chi connectivity index (χ4v) is 4.13. The van der Waals surface area contributed by atoms with E-state index in [0.717, 1.165) is 17.7 Å². The number of rotatable bonds is 9. The van der Waals surface area contributed by atoms with Gasteiger partial charge in [-0.3, -0.25) is 0 Å². The maximum absolute atomic E-state index is 12.9. The number of benzene rings is 2. The molecule has 0 amide bonds. The van der Waals surface area contributed by atoms with Crippen LogP contribution >= 0.6 is 12.4 Å². The molecule has 0 saturated heterocycles. The van der Waals surface area contributed by atoms with E-state index in [1.807, 2.05) is 61.5 Å². The highest BCUT2D eigenvalue weighted by atomic mass is 35.5. The number of nitrogens with two attached hydrogens (primary N) is 1. The maximum Gasteiger partial charge on any atom is 0.243 e. The van der Waals surface area contributed by atoms with Crippen molar-refractivity contribution >= 4 is 22.4 Å². The molecule has 144 valence electrons. The lowest BCUT2D eigenvalue weighted by atomic mass is 10.1. The minimum atomic E-state index is -3.54. The van der Waals surface area contributed by atoms with Gasteiger partial charge in [0.2, 0.25) is 10.0 Å². The molecule has 0 saturated carbocycles. The van der Waals surface area contributed by atoms with Gasteiger partial charge in [-0.25, -0.2) is 8.42 Å². The summed E-state index contributed by atoms with van der Waals surface area (Å²) < 4.78 is 27.3. The van der Waals surface area contributed by atoms with Crippen molar-refractivity contribution in [3.8, 4) is 0 Å². The molecule has 0 unspecified atom stereocenters. The second kappa shape index (κ2) is 10.6. The van der Waals surface area contributed by atoms with E-state index in [1.54, 1.807) is 12.1 Å². The van der Waals surface area contributed by atoms with Gasteiger partial charge in [0, 0.05) is 26.2 Å². The van der Waals surface area contributed by atoms with Gasteiger partial charge in [-0.1, -0.05) is 42.5 Å². The highest BCUT2D eigenvalue weighted by Gasteiger charge is 2.23. The van der Waals surface area contributed by atoms with Gasteiger partial charge >= 0.3 is 0 Å². The monoisotopic (exact) mass is 397 g/mol. The lowest BCUT2D eigenvalue weighted by Crippen LogP contribution is -2.36. The summed E-state index contributed by atoms with van der Waals surface area (Å²) in [7, 11) is 0.428. The maximum atomic E-state index is 12.9. The fraction of sp³-hybridized carbons (Fsp3) is 0.368. The molecular formula is C19H28ClN3O2S. The fourth-order valence-electron chi connectivity index (χ4n) is 2.68. The van der Waals surface area contributed by atoms with E-state index >= 15 is 0 Å². The Hall–Kier alpha value is -1.44. The van der Waals surface area contributed by atoms with Crippen LogP contribution in [0.1, 0.15) is 11.1 Å². The third-order valence-electron chi connectivity index (χ3n) is 3.93. The first-order valence-electron chi connectivity index (χ1n) is 8.41. The molecule has 0 atom stereocenters. The Morgan fingerprint density at radius 2 is 1.50 bits per heavy atom. The van der Waals surface area contributed by atoms with E-state index < -0.39 is 10.0 Å². The molecule has 0 aliphatic rings. The SMILES string of the molecule is CN(C)Cc1ccc(S(=O)(=O)N(CCN)CCc2ccccc2)cc1.Cl. The van der Waals surface area contributed by atoms with Crippen LogP contribution in [0.5, 0.6) is 0 Å². The van der Waals surface area contributed by atoms with Gasteiger partial charge in [-0.05, 0) is 43.8 Å². The molecule has 26 heavy (non-hydrogen) atoms. The smallest absolute Gasteiger partial charge is 0.243 e. The Bertz CT molecular complexity index is 750. The summed E-state index contributed by atoms with van der Waals surface area (Å²) in [5.41, 5.74) is 7.83. The van der Waals surface area contributed by atoms with Gasteiger partial charge in [0.25, 0.3) is 0 Å². The van der Waals surface area contributed by atoms with E-state index in [9.17, 15) is 8.42 Å². The van der Waals surface area contributed by atoms with Crippen molar-refractivity contribution in [2.75, 3.05) is 33.7 Å². The van der Waals surface area contributed by atoms with Crippen LogP contribution in [-0.4, -0.2) is 51.4 Å². The topological polar surface area (TPSA) is 66.6 Å². The van der Waals surface area contributed by atoms with E-state index in [0.29, 0.717) is 31.0 Å². The second-order valence-corrected chi connectivity index (χ2v) is 8.25. The van der Waals surface area contributed by atoms with Crippen LogP contribution in [0.4, 0.5) is 0 Å². The quantitative estimate of drug-likeness (QED) is 0.705. The zero-order chi connectivity index (χ0) is 18.3. The summed E-state index contributed by atoms with van der Waals surface area (Å²) in [4.78, 5) is 2.36. The molecule has 0 heterocycles. The molecule has 0 aromatic heterocycles. The van der Waals surface area contributed by atoms with Crippen molar-refractivity contribution in [3.05, 3.63) is 65.7 Å². The largest absolute Gasteiger partial charge is 0.329 e. The molecule has 0 bridgehead atoms. The summed E-state index contributed by atoms with van der Waals surface area (Å²) in [5, 5.41) is 0. The number of sulfonamides is 1. The first kappa shape index (κ1) is 22.6. The van der Waals surface area contributed by atoms with Gasteiger partial charge in [-0.15, -0.1) is 12.4 Å². The lowest BCUT2D eigenvalue weighted by molar-refractivity contribution is 0.402. The summed E-state index contributed by atoms with van der Waals surface area (Å²) in [6, 6.07) is 17.0. The third-order valence-corrected chi connectivity index (χ3v) is 5.84. The second-order valence-electron chi connectivity index (χ2n) is 6.31. The minimum absolute atomic E-state index is 0. The van der Waals surface area contributed by atoms with E-state index in [4.69, 9.17) is 5.73 Å². The summed E-state index contributed by atoms with van der Waals surface area (Å²) in [5.74, 6) is 0. The standard InChI is InChI=1S/C19H27N3O2S.ClH/c1-21(2)16-18-8-10-19(11-9-18)25(23,24)22(15-13-20)14-12-17-6-4-3-5-7-17;/h3-11H,12-16,20H2,1-2H3;1H. The van der Waals surface area contributed by atoms with Crippen molar-refractivity contribution in [2.24, 2.45) is 5.73 Å². The third kappa shape index (κ3) is 6.37. The van der Waals surface area contributed by atoms with E-state index in [-0.39, 0.29) is 12.4 Å². The molecule has 0 spiro atoms. The Morgan fingerprint density at radius 1 is 0.885 bits per heavy atom. The Labute approximate surface area is 163 Å². The van der Waals surface area contributed by atoms with Crippen LogP contribution in [-0.2, 0) is 23.0 Å².